The highest BCUT2D eigenvalue weighted by atomic mass is 16.6. The summed E-state index contributed by atoms with van der Waals surface area (Å²) in [7, 11) is 0. The topological polar surface area (TPSA) is 78.9 Å². The number of carbonyl (C=O) groups is 3. The number of ether oxygens (including phenoxy) is 3. The summed E-state index contributed by atoms with van der Waals surface area (Å²) in [4.78, 5) is 37.9. The van der Waals surface area contributed by atoms with Gasteiger partial charge in [0, 0.05) is 19.3 Å². The third-order valence-corrected chi connectivity index (χ3v) is 12.2. The second-order valence-corrected chi connectivity index (χ2v) is 18.8. The third-order valence-electron chi connectivity index (χ3n) is 12.2. The zero-order valence-corrected chi connectivity index (χ0v) is 44.2. The maximum Gasteiger partial charge on any atom is 0.306 e. The zero-order chi connectivity index (χ0) is 48.6. The van der Waals surface area contributed by atoms with Crippen molar-refractivity contribution in [1.29, 1.82) is 0 Å². The highest BCUT2D eigenvalue weighted by Crippen LogP contribution is 2.16. The Balaban J connectivity index is 4.22. The molecule has 0 aliphatic carbocycles. The van der Waals surface area contributed by atoms with E-state index in [1.807, 2.05) is 0 Å². The number of hydrogen-bond donors (Lipinski definition) is 0. The summed E-state index contributed by atoms with van der Waals surface area (Å²) >= 11 is 0. The molecule has 6 nitrogen and oxygen atoms in total. The highest BCUT2D eigenvalue weighted by molar-refractivity contribution is 5.71. The second-order valence-electron chi connectivity index (χ2n) is 18.8. The van der Waals surface area contributed by atoms with Gasteiger partial charge in [0.1, 0.15) is 13.2 Å². The predicted molar refractivity (Wildman–Crippen MR) is 288 cm³/mol. The van der Waals surface area contributed by atoms with Gasteiger partial charge in [-0.2, -0.15) is 0 Å². The SMILES string of the molecule is CC/C=C\C/C=C\C/C=C\C/C=C\C/C=C\C/C=C\CCCCCCCCC(=O)OCC(COC(=O)CCCCCCCCC)OC(=O)CCCCCCCCCCCCCCCCCCC. The molecule has 0 aliphatic rings. The Labute approximate surface area is 414 Å². The molecule has 0 heterocycles. The summed E-state index contributed by atoms with van der Waals surface area (Å²) in [6, 6.07) is 0. The molecular formula is C61H106O6. The summed E-state index contributed by atoms with van der Waals surface area (Å²) in [5.74, 6) is -0.890. The van der Waals surface area contributed by atoms with Gasteiger partial charge in [-0.25, -0.2) is 0 Å². The van der Waals surface area contributed by atoms with Crippen LogP contribution >= 0.6 is 0 Å². The van der Waals surface area contributed by atoms with Gasteiger partial charge in [-0.15, -0.1) is 0 Å². The zero-order valence-electron chi connectivity index (χ0n) is 44.2. The van der Waals surface area contributed by atoms with Crippen LogP contribution in [0.25, 0.3) is 0 Å². The molecule has 386 valence electrons. The minimum atomic E-state index is -0.776. The maximum atomic E-state index is 12.8. The molecule has 0 N–H and O–H groups in total. The minimum absolute atomic E-state index is 0.0774. The molecule has 0 aliphatic heterocycles. The Kier molecular flexibility index (Phi) is 52.8. The van der Waals surface area contributed by atoms with E-state index >= 15 is 0 Å². The Morgan fingerprint density at radius 2 is 0.582 bits per heavy atom. The fourth-order valence-corrected chi connectivity index (χ4v) is 7.98. The van der Waals surface area contributed by atoms with Crippen LogP contribution in [0.4, 0.5) is 0 Å². The number of allylic oxidation sites excluding steroid dienone is 12. The van der Waals surface area contributed by atoms with Crippen LogP contribution in [-0.4, -0.2) is 37.2 Å². The van der Waals surface area contributed by atoms with Gasteiger partial charge in [0.05, 0.1) is 0 Å². The number of hydrogen-bond acceptors (Lipinski definition) is 6. The van der Waals surface area contributed by atoms with Gasteiger partial charge < -0.3 is 14.2 Å². The number of unbranched alkanes of at least 4 members (excludes halogenated alkanes) is 28. The highest BCUT2D eigenvalue weighted by Gasteiger charge is 2.19. The quantitative estimate of drug-likeness (QED) is 0.0262. The predicted octanol–water partition coefficient (Wildman–Crippen LogP) is 19.0. The normalized spacial score (nSPS) is 12.6. The molecule has 0 amide bonds. The van der Waals surface area contributed by atoms with Crippen molar-refractivity contribution >= 4 is 17.9 Å². The third kappa shape index (κ3) is 53.7. The van der Waals surface area contributed by atoms with Gasteiger partial charge >= 0.3 is 17.9 Å². The van der Waals surface area contributed by atoms with Crippen molar-refractivity contribution in [2.75, 3.05) is 13.2 Å². The van der Waals surface area contributed by atoms with Crippen molar-refractivity contribution < 1.29 is 28.6 Å². The molecule has 0 aromatic carbocycles. The monoisotopic (exact) mass is 935 g/mol. The number of esters is 3. The van der Waals surface area contributed by atoms with Crippen LogP contribution < -0.4 is 0 Å². The summed E-state index contributed by atoms with van der Waals surface area (Å²) in [5, 5.41) is 0. The van der Waals surface area contributed by atoms with Gasteiger partial charge in [-0.05, 0) is 70.6 Å². The Bertz CT molecular complexity index is 1260. The number of rotatable bonds is 51. The lowest BCUT2D eigenvalue weighted by Crippen LogP contribution is -2.30. The van der Waals surface area contributed by atoms with Crippen LogP contribution in [-0.2, 0) is 28.6 Å². The molecule has 0 aromatic rings. The lowest BCUT2D eigenvalue weighted by atomic mass is 10.0. The summed E-state index contributed by atoms with van der Waals surface area (Å²) in [6.07, 6.45) is 70.5. The molecule has 67 heavy (non-hydrogen) atoms. The molecule has 0 spiro atoms. The summed E-state index contributed by atoms with van der Waals surface area (Å²) in [5.41, 5.74) is 0. The molecule has 6 heteroatoms. The first-order chi connectivity index (χ1) is 33.0. The van der Waals surface area contributed by atoms with E-state index in [1.165, 1.54) is 135 Å². The first-order valence-electron chi connectivity index (χ1n) is 28.4. The molecule has 0 fully saturated rings. The molecule has 0 radical (unpaired) electrons. The van der Waals surface area contributed by atoms with Gasteiger partial charge in [0.2, 0.25) is 0 Å². The van der Waals surface area contributed by atoms with Crippen LogP contribution in [0.5, 0.6) is 0 Å². The average molecular weight is 936 g/mol. The van der Waals surface area contributed by atoms with Gasteiger partial charge in [-0.1, -0.05) is 261 Å². The van der Waals surface area contributed by atoms with E-state index in [1.54, 1.807) is 0 Å². The van der Waals surface area contributed by atoms with E-state index in [0.29, 0.717) is 19.3 Å². The molecule has 1 unspecified atom stereocenters. The maximum absolute atomic E-state index is 12.8. The summed E-state index contributed by atoms with van der Waals surface area (Å²) < 4.78 is 16.8. The lowest BCUT2D eigenvalue weighted by molar-refractivity contribution is -0.167. The Morgan fingerprint density at radius 1 is 0.313 bits per heavy atom. The first kappa shape index (κ1) is 63.8. The molecule has 0 bridgehead atoms. The van der Waals surface area contributed by atoms with Crippen LogP contribution in [0.15, 0.2) is 72.9 Å². The van der Waals surface area contributed by atoms with Crippen molar-refractivity contribution in [1.82, 2.24) is 0 Å². The van der Waals surface area contributed by atoms with Gasteiger partial charge in [-0.3, -0.25) is 14.4 Å². The van der Waals surface area contributed by atoms with Gasteiger partial charge in [0.15, 0.2) is 6.10 Å². The van der Waals surface area contributed by atoms with E-state index in [0.717, 1.165) is 103 Å². The Hall–Kier alpha value is -3.15. The second kappa shape index (κ2) is 55.4. The average Bonchev–Trinajstić information content (AvgIpc) is 3.33. The Morgan fingerprint density at radius 3 is 0.910 bits per heavy atom. The van der Waals surface area contributed by atoms with Crippen LogP contribution in [0.1, 0.15) is 278 Å². The molecule has 0 rings (SSSR count). The van der Waals surface area contributed by atoms with E-state index in [-0.39, 0.29) is 31.1 Å². The van der Waals surface area contributed by atoms with Crippen molar-refractivity contribution in [2.45, 2.75) is 284 Å². The van der Waals surface area contributed by atoms with E-state index in [4.69, 9.17) is 14.2 Å². The molecule has 0 saturated heterocycles. The fraction of sp³-hybridized carbons (Fsp3) is 0.754. The molecule has 0 saturated carbocycles. The van der Waals surface area contributed by atoms with Crippen LogP contribution in [0.3, 0.4) is 0 Å². The molecular weight excluding hydrogens is 829 g/mol. The van der Waals surface area contributed by atoms with Crippen molar-refractivity contribution in [3.05, 3.63) is 72.9 Å². The van der Waals surface area contributed by atoms with Crippen molar-refractivity contribution in [2.24, 2.45) is 0 Å². The smallest absolute Gasteiger partial charge is 0.306 e. The lowest BCUT2D eigenvalue weighted by Gasteiger charge is -2.18. The molecule has 0 aromatic heterocycles. The minimum Gasteiger partial charge on any atom is -0.462 e. The van der Waals surface area contributed by atoms with Gasteiger partial charge in [0.25, 0.3) is 0 Å². The fourth-order valence-electron chi connectivity index (χ4n) is 7.98. The standard InChI is InChI=1S/C61H106O6/c1-4-7-10-13-16-18-20-22-24-26-27-28-29-30-31-32-33-35-36-38-40-42-45-48-51-54-60(63)66-57-58(56-65-59(62)53-50-47-44-15-12-9-6-3)67-61(64)55-52-49-46-43-41-39-37-34-25-23-21-19-17-14-11-8-5-2/h7,10,16,18,22,24,27-28,30-31,33,35,58H,4-6,8-9,11-15,17,19-21,23,25-26,29,32,34,36-57H2,1-3H3/b10-7-,18-16-,24-22-,28-27-,31-30-,35-33-. The van der Waals surface area contributed by atoms with E-state index < -0.39 is 6.10 Å². The van der Waals surface area contributed by atoms with E-state index in [2.05, 4.69) is 93.7 Å². The van der Waals surface area contributed by atoms with Crippen molar-refractivity contribution in [3.8, 4) is 0 Å². The van der Waals surface area contributed by atoms with Crippen LogP contribution in [0.2, 0.25) is 0 Å². The van der Waals surface area contributed by atoms with Crippen molar-refractivity contribution in [3.63, 3.8) is 0 Å². The van der Waals surface area contributed by atoms with Crippen LogP contribution in [0, 0.1) is 0 Å². The first-order valence-corrected chi connectivity index (χ1v) is 28.4. The number of carbonyl (C=O) groups excluding carboxylic acids is 3. The molecule has 1 atom stereocenters. The summed E-state index contributed by atoms with van der Waals surface area (Å²) in [6.45, 7) is 6.49. The largest absolute Gasteiger partial charge is 0.462 e. The van der Waals surface area contributed by atoms with E-state index in [9.17, 15) is 14.4 Å².